The molecule has 0 radical (unpaired) electrons. The number of anilines is 1. The quantitative estimate of drug-likeness (QED) is 0.247. The third-order valence-electron chi connectivity index (χ3n) is 4.11. The van der Waals surface area contributed by atoms with Crippen LogP contribution in [0, 0.1) is 10.1 Å². The lowest BCUT2D eigenvalue weighted by atomic mass is 10.3. The van der Waals surface area contributed by atoms with Gasteiger partial charge in [0.2, 0.25) is 5.91 Å². The molecular weight excluding hydrogens is 404 g/mol. The van der Waals surface area contributed by atoms with Gasteiger partial charge in [0.1, 0.15) is 11.5 Å². The highest BCUT2D eigenvalue weighted by Gasteiger charge is 2.11. The molecule has 0 atom stereocenters. The molecule has 1 aromatic heterocycles. The first kappa shape index (κ1) is 19.5. The van der Waals surface area contributed by atoms with Crippen LogP contribution < -0.4 is 10.1 Å². The van der Waals surface area contributed by atoms with Crippen molar-refractivity contribution < 1.29 is 14.5 Å². The second-order valence-corrected chi connectivity index (χ2v) is 7.24. The van der Waals surface area contributed by atoms with Crippen molar-refractivity contribution in [1.82, 2.24) is 9.97 Å². The molecule has 9 heteroatoms. The van der Waals surface area contributed by atoms with Crippen LogP contribution in [-0.2, 0) is 4.79 Å². The zero-order chi connectivity index (χ0) is 20.9. The second kappa shape index (κ2) is 8.66. The maximum Gasteiger partial charge on any atom is 0.271 e. The van der Waals surface area contributed by atoms with Crippen molar-refractivity contribution in [1.29, 1.82) is 0 Å². The molecule has 4 rings (SSSR count). The van der Waals surface area contributed by atoms with Gasteiger partial charge in [-0.25, -0.2) is 4.98 Å². The number of imidazole rings is 1. The SMILES string of the molecule is O=C(CSc1nc2ccc([N+](=O)[O-])cc2[nH]1)Nc1ccc(Oc2ccccc2)cc1. The number of carbonyl (C=O) groups is 1. The molecule has 4 aromatic rings. The summed E-state index contributed by atoms with van der Waals surface area (Å²) in [5.74, 6) is 1.36. The van der Waals surface area contributed by atoms with E-state index in [9.17, 15) is 14.9 Å². The normalized spacial score (nSPS) is 10.7. The van der Waals surface area contributed by atoms with Crippen LogP contribution in [-0.4, -0.2) is 26.6 Å². The number of aromatic nitrogens is 2. The maximum absolute atomic E-state index is 12.2. The van der Waals surface area contributed by atoms with E-state index in [1.165, 1.54) is 23.9 Å². The predicted molar refractivity (Wildman–Crippen MR) is 115 cm³/mol. The van der Waals surface area contributed by atoms with Crippen LogP contribution in [0.4, 0.5) is 11.4 Å². The van der Waals surface area contributed by atoms with Gasteiger partial charge in [-0.2, -0.15) is 0 Å². The summed E-state index contributed by atoms with van der Waals surface area (Å²) in [5, 5.41) is 14.2. The second-order valence-electron chi connectivity index (χ2n) is 6.28. The third kappa shape index (κ3) is 4.76. The topological polar surface area (TPSA) is 110 Å². The van der Waals surface area contributed by atoms with Crippen molar-refractivity contribution in [2.45, 2.75) is 5.16 Å². The molecule has 0 aliphatic heterocycles. The third-order valence-corrected chi connectivity index (χ3v) is 4.98. The first-order valence-corrected chi connectivity index (χ1v) is 9.95. The number of fused-ring (bicyclic) bond motifs is 1. The fourth-order valence-electron chi connectivity index (χ4n) is 2.72. The lowest BCUT2D eigenvalue weighted by Gasteiger charge is -2.07. The van der Waals surface area contributed by atoms with Gasteiger partial charge in [0, 0.05) is 17.8 Å². The molecule has 150 valence electrons. The van der Waals surface area contributed by atoms with Crippen LogP contribution in [0.5, 0.6) is 11.5 Å². The summed E-state index contributed by atoms with van der Waals surface area (Å²) in [5.41, 5.74) is 1.81. The number of amides is 1. The number of hydrogen-bond donors (Lipinski definition) is 2. The summed E-state index contributed by atoms with van der Waals surface area (Å²) < 4.78 is 5.72. The Hall–Kier alpha value is -3.85. The van der Waals surface area contributed by atoms with Crippen LogP contribution in [0.15, 0.2) is 78.0 Å². The summed E-state index contributed by atoms with van der Waals surface area (Å²) in [6.45, 7) is 0. The molecule has 0 fully saturated rings. The predicted octanol–water partition coefficient (Wildman–Crippen LogP) is 4.99. The van der Waals surface area contributed by atoms with E-state index in [0.717, 1.165) is 5.75 Å². The number of aromatic amines is 1. The van der Waals surface area contributed by atoms with Crippen LogP contribution in [0.25, 0.3) is 11.0 Å². The van der Waals surface area contributed by atoms with Crippen molar-refractivity contribution in [3.63, 3.8) is 0 Å². The van der Waals surface area contributed by atoms with Crippen molar-refractivity contribution >= 4 is 40.1 Å². The lowest BCUT2D eigenvalue weighted by molar-refractivity contribution is -0.384. The molecule has 0 aliphatic carbocycles. The summed E-state index contributed by atoms with van der Waals surface area (Å²) >= 11 is 1.22. The zero-order valence-corrected chi connectivity index (χ0v) is 16.4. The summed E-state index contributed by atoms with van der Waals surface area (Å²) in [7, 11) is 0. The fourth-order valence-corrected chi connectivity index (χ4v) is 3.40. The van der Waals surface area contributed by atoms with E-state index in [4.69, 9.17) is 4.74 Å². The smallest absolute Gasteiger partial charge is 0.271 e. The summed E-state index contributed by atoms with van der Waals surface area (Å²) in [6, 6.07) is 20.9. The lowest BCUT2D eigenvalue weighted by Crippen LogP contribution is -2.13. The number of nitro groups is 1. The Balaban J connectivity index is 1.32. The van der Waals surface area contributed by atoms with E-state index in [-0.39, 0.29) is 17.3 Å². The number of H-pyrrole nitrogens is 1. The molecule has 3 aromatic carbocycles. The van der Waals surface area contributed by atoms with Crippen LogP contribution >= 0.6 is 11.8 Å². The minimum Gasteiger partial charge on any atom is -0.457 e. The molecule has 0 unspecified atom stereocenters. The number of benzene rings is 3. The number of nitro benzene ring substituents is 1. The Morgan fingerprint density at radius 1 is 1.07 bits per heavy atom. The van der Waals surface area contributed by atoms with Crippen LogP contribution in [0.1, 0.15) is 0 Å². The van der Waals surface area contributed by atoms with Gasteiger partial charge in [0.15, 0.2) is 5.16 Å². The van der Waals surface area contributed by atoms with E-state index < -0.39 is 4.92 Å². The van der Waals surface area contributed by atoms with Gasteiger partial charge < -0.3 is 15.0 Å². The van der Waals surface area contributed by atoms with Gasteiger partial charge in [-0.1, -0.05) is 30.0 Å². The van der Waals surface area contributed by atoms with E-state index in [0.29, 0.717) is 27.6 Å². The minimum absolute atomic E-state index is 0.0138. The average molecular weight is 420 g/mol. The first-order chi connectivity index (χ1) is 14.6. The number of thioether (sulfide) groups is 1. The molecule has 0 saturated carbocycles. The molecular formula is C21H16N4O4S. The molecule has 8 nitrogen and oxygen atoms in total. The van der Waals surface area contributed by atoms with Crippen molar-refractivity contribution in [2.24, 2.45) is 0 Å². The molecule has 1 amide bonds. The van der Waals surface area contributed by atoms with Gasteiger partial charge in [0.25, 0.3) is 5.69 Å². The molecule has 0 spiro atoms. The Morgan fingerprint density at radius 2 is 1.80 bits per heavy atom. The van der Waals surface area contributed by atoms with Gasteiger partial charge in [-0.3, -0.25) is 14.9 Å². The van der Waals surface area contributed by atoms with Gasteiger partial charge in [-0.05, 0) is 42.5 Å². The highest BCUT2D eigenvalue weighted by Crippen LogP contribution is 2.24. The Morgan fingerprint density at radius 3 is 2.53 bits per heavy atom. The van der Waals surface area contributed by atoms with E-state index in [1.54, 1.807) is 30.3 Å². The van der Waals surface area contributed by atoms with Crippen molar-refractivity contribution in [3.05, 3.63) is 82.9 Å². The average Bonchev–Trinajstić information content (AvgIpc) is 3.16. The molecule has 2 N–H and O–H groups in total. The number of non-ortho nitro benzene ring substituents is 1. The van der Waals surface area contributed by atoms with Crippen LogP contribution in [0.3, 0.4) is 0 Å². The number of nitrogens with zero attached hydrogens (tertiary/aromatic N) is 2. The van der Waals surface area contributed by atoms with Crippen molar-refractivity contribution in [3.8, 4) is 11.5 Å². The number of hydrogen-bond acceptors (Lipinski definition) is 6. The molecule has 30 heavy (non-hydrogen) atoms. The highest BCUT2D eigenvalue weighted by molar-refractivity contribution is 7.99. The van der Waals surface area contributed by atoms with E-state index >= 15 is 0 Å². The van der Waals surface area contributed by atoms with Crippen molar-refractivity contribution in [2.75, 3.05) is 11.1 Å². The Bertz CT molecular complexity index is 1190. The summed E-state index contributed by atoms with van der Waals surface area (Å²) in [6.07, 6.45) is 0. The van der Waals surface area contributed by atoms with E-state index in [2.05, 4.69) is 15.3 Å². The molecule has 0 saturated heterocycles. The largest absolute Gasteiger partial charge is 0.457 e. The molecule has 0 aliphatic rings. The monoisotopic (exact) mass is 420 g/mol. The number of para-hydroxylation sites is 1. The van der Waals surface area contributed by atoms with E-state index in [1.807, 2.05) is 30.3 Å². The standard InChI is InChI=1S/C21H16N4O4S/c26-20(13-30-21-23-18-11-8-15(25(27)28)12-19(18)24-21)22-14-6-9-17(10-7-14)29-16-4-2-1-3-5-16/h1-12H,13H2,(H,22,26)(H,23,24). The van der Waals surface area contributed by atoms with Gasteiger partial charge in [-0.15, -0.1) is 0 Å². The maximum atomic E-state index is 12.2. The van der Waals surface area contributed by atoms with Gasteiger partial charge in [0.05, 0.1) is 21.7 Å². The Kier molecular flexibility index (Phi) is 5.62. The number of ether oxygens (including phenoxy) is 1. The zero-order valence-electron chi connectivity index (χ0n) is 15.6. The number of nitrogens with one attached hydrogen (secondary N) is 2. The summed E-state index contributed by atoms with van der Waals surface area (Å²) in [4.78, 5) is 29.9. The van der Waals surface area contributed by atoms with Crippen LogP contribution in [0.2, 0.25) is 0 Å². The minimum atomic E-state index is -0.462. The first-order valence-electron chi connectivity index (χ1n) is 8.96. The molecule has 1 heterocycles. The number of carbonyl (C=O) groups excluding carboxylic acids is 1. The number of rotatable bonds is 7. The molecule has 0 bridgehead atoms. The highest BCUT2D eigenvalue weighted by atomic mass is 32.2. The Labute approximate surface area is 175 Å². The van der Waals surface area contributed by atoms with Gasteiger partial charge >= 0.3 is 0 Å². The fraction of sp³-hybridized carbons (Fsp3) is 0.0476.